The van der Waals surface area contributed by atoms with E-state index in [2.05, 4.69) is 29.3 Å². The van der Waals surface area contributed by atoms with Crippen LogP contribution in [0.15, 0.2) is 17.4 Å². The predicted molar refractivity (Wildman–Crippen MR) is 65.4 cm³/mol. The fourth-order valence-electron chi connectivity index (χ4n) is 1.36. The maximum atomic E-state index is 4.47. The molecule has 0 spiro atoms. The van der Waals surface area contributed by atoms with Gasteiger partial charge in [0.1, 0.15) is 0 Å². The molecule has 0 bridgehead atoms. The van der Waals surface area contributed by atoms with Crippen LogP contribution in [0.2, 0.25) is 0 Å². The van der Waals surface area contributed by atoms with Crippen molar-refractivity contribution in [3.63, 3.8) is 0 Å². The van der Waals surface area contributed by atoms with Gasteiger partial charge in [0.15, 0.2) is 5.17 Å². The molecule has 15 heavy (non-hydrogen) atoms. The number of aryl methyl sites for hydroxylation is 1. The second-order valence-electron chi connectivity index (χ2n) is 3.77. The van der Waals surface area contributed by atoms with Crippen LogP contribution in [-0.2, 0) is 6.54 Å². The third-order valence-corrected chi connectivity index (χ3v) is 3.50. The Morgan fingerprint density at radius 3 is 3.13 bits per heavy atom. The molecule has 1 N–H and O–H groups in total. The van der Waals surface area contributed by atoms with Gasteiger partial charge < -0.3 is 5.32 Å². The Morgan fingerprint density at radius 1 is 1.67 bits per heavy atom. The van der Waals surface area contributed by atoms with Crippen molar-refractivity contribution >= 4 is 22.6 Å². The Hall–Kier alpha value is -0.970. The molecule has 1 aromatic rings. The van der Waals surface area contributed by atoms with Crippen molar-refractivity contribution in [2.75, 3.05) is 17.6 Å². The number of nitrogens with zero attached hydrogens (tertiary/aromatic N) is 3. The van der Waals surface area contributed by atoms with E-state index in [9.17, 15) is 0 Å². The molecule has 1 unspecified atom stereocenters. The van der Waals surface area contributed by atoms with Crippen molar-refractivity contribution in [1.82, 2.24) is 9.78 Å². The van der Waals surface area contributed by atoms with Crippen molar-refractivity contribution in [3.05, 3.63) is 12.4 Å². The van der Waals surface area contributed by atoms with Gasteiger partial charge in [-0.05, 0) is 12.8 Å². The molecule has 0 aromatic carbocycles. The van der Waals surface area contributed by atoms with Gasteiger partial charge in [0, 0.05) is 25.0 Å². The molecule has 2 heterocycles. The number of hydrogen-bond acceptors (Lipinski definition) is 4. The Balaban J connectivity index is 1.97. The summed E-state index contributed by atoms with van der Waals surface area (Å²) in [5.74, 6) is 1.84. The summed E-state index contributed by atoms with van der Waals surface area (Å²) in [6, 6.07) is 0. The van der Waals surface area contributed by atoms with Gasteiger partial charge in [0.25, 0.3) is 0 Å². The second kappa shape index (κ2) is 4.70. The van der Waals surface area contributed by atoms with Crippen LogP contribution < -0.4 is 5.32 Å². The molecular formula is C10H16N4S. The summed E-state index contributed by atoms with van der Waals surface area (Å²) in [5.41, 5.74) is 1.03. The standard InChI is InChI=1S/C10H16N4S/c1-3-14-6-9(5-12-14)13-10-11-4-8(2)7-15-10/h5-6,8H,3-4,7H2,1-2H3,(H,11,13). The summed E-state index contributed by atoms with van der Waals surface area (Å²) in [5, 5.41) is 8.51. The highest BCUT2D eigenvalue weighted by Crippen LogP contribution is 2.18. The summed E-state index contributed by atoms with van der Waals surface area (Å²) in [4.78, 5) is 4.47. The second-order valence-corrected chi connectivity index (χ2v) is 4.78. The molecule has 1 atom stereocenters. The summed E-state index contributed by atoms with van der Waals surface area (Å²) >= 11 is 1.78. The lowest BCUT2D eigenvalue weighted by molar-refractivity contribution is 0.660. The molecular weight excluding hydrogens is 208 g/mol. The molecule has 0 saturated heterocycles. The van der Waals surface area contributed by atoms with Crippen molar-refractivity contribution in [3.8, 4) is 0 Å². The van der Waals surface area contributed by atoms with Crippen molar-refractivity contribution in [2.24, 2.45) is 10.9 Å². The number of aromatic nitrogens is 2. The van der Waals surface area contributed by atoms with Gasteiger partial charge in [-0.25, -0.2) is 0 Å². The fourth-order valence-corrected chi connectivity index (χ4v) is 2.26. The van der Waals surface area contributed by atoms with E-state index in [1.165, 1.54) is 0 Å². The maximum Gasteiger partial charge on any atom is 0.161 e. The third-order valence-electron chi connectivity index (χ3n) is 2.26. The highest BCUT2D eigenvalue weighted by Gasteiger charge is 2.12. The number of anilines is 1. The lowest BCUT2D eigenvalue weighted by Gasteiger charge is -2.16. The van der Waals surface area contributed by atoms with Crippen molar-refractivity contribution in [1.29, 1.82) is 0 Å². The maximum absolute atomic E-state index is 4.47. The number of hydrogen-bond donors (Lipinski definition) is 1. The minimum atomic E-state index is 0.693. The van der Waals surface area contributed by atoms with Gasteiger partial charge in [0.2, 0.25) is 0 Å². The molecule has 0 amide bonds. The first-order valence-electron chi connectivity index (χ1n) is 5.24. The van der Waals surface area contributed by atoms with E-state index in [1.54, 1.807) is 11.8 Å². The molecule has 5 heteroatoms. The van der Waals surface area contributed by atoms with Gasteiger partial charge in [-0.2, -0.15) is 5.10 Å². The summed E-state index contributed by atoms with van der Waals surface area (Å²) < 4.78 is 1.90. The van der Waals surface area contributed by atoms with E-state index in [-0.39, 0.29) is 0 Å². The summed E-state index contributed by atoms with van der Waals surface area (Å²) in [6.45, 7) is 6.13. The first kappa shape index (κ1) is 10.5. The zero-order chi connectivity index (χ0) is 10.7. The van der Waals surface area contributed by atoms with E-state index in [4.69, 9.17) is 0 Å². The van der Waals surface area contributed by atoms with Crippen molar-refractivity contribution in [2.45, 2.75) is 20.4 Å². The molecule has 4 nitrogen and oxygen atoms in total. The van der Waals surface area contributed by atoms with Crippen LogP contribution >= 0.6 is 11.8 Å². The lowest BCUT2D eigenvalue weighted by Crippen LogP contribution is -2.18. The Bertz CT molecular complexity index is 358. The van der Waals surface area contributed by atoms with Crippen LogP contribution in [0.5, 0.6) is 0 Å². The smallest absolute Gasteiger partial charge is 0.161 e. The zero-order valence-electron chi connectivity index (χ0n) is 9.10. The average molecular weight is 224 g/mol. The monoisotopic (exact) mass is 224 g/mol. The largest absolute Gasteiger partial charge is 0.332 e. The Labute approximate surface area is 94.2 Å². The normalized spacial score (nSPS) is 21.2. The molecule has 1 aromatic heterocycles. The first-order chi connectivity index (χ1) is 7.28. The van der Waals surface area contributed by atoms with Crippen LogP contribution in [0.25, 0.3) is 0 Å². The molecule has 0 aliphatic carbocycles. The number of aliphatic imine (C=N–C) groups is 1. The molecule has 82 valence electrons. The van der Waals surface area contributed by atoms with Crippen LogP contribution in [0.1, 0.15) is 13.8 Å². The zero-order valence-corrected chi connectivity index (χ0v) is 9.92. The van der Waals surface area contributed by atoms with Gasteiger partial charge in [-0.1, -0.05) is 18.7 Å². The van der Waals surface area contributed by atoms with Crippen molar-refractivity contribution < 1.29 is 0 Å². The fraction of sp³-hybridized carbons (Fsp3) is 0.600. The van der Waals surface area contributed by atoms with E-state index in [0.29, 0.717) is 5.92 Å². The predicted octanol–water partition coefficient (Wildman–Crippen LogP) is 2.05. The van der Waals surface area contributed by atoms with Gasteiger partial charge in [-0.15, -0.1) is 0 Å². The van der Waals surface area contributed by atoms with Gasteiger partial charge in [0.05, 0.1) is 11.9 Å². The van der Waals surface area contributed by atoms with Crippen LogP contribution in [-0.4, -0.2) is 27.2 Å². The summed E-state index contributed by atoms with van der Waals surface area (Å²) in [7, 11) is 0. The van der Waals surface area contributed by atoms with E-state index < -0.39 is 0 Å². The number of amidine groups is 1. The minimum absolute atomic E-state index is 0.693. The average Bonchev–Trinajstić information content (AvgIpc) is 2.69. The van der Waals surface area contributed by atoms with Gasteiger partial charge >= 0.3 is 0 Å². The minimum Gasteiger partial charge on any atom is -0.332 e. The number of rotatable bonds is 2. The van der Waals surface area contributed by atoms with Crippen LogP contribution in [0.4, 0.5) is 5.69 Å². The molecule has 0 saturated carbocycles. The highest BCUT2D eigenvalue weighted by atomic mass is 32.2. The third kappa shape index (κ3) is 2.75. The first-order valence-corrected chi connectivity index (χ1v) is 6.23. The van der Waals surface area contributed by atoms with Crippen LogP contribution in [0.3, 0.4) is 0 Å². The Kier molecular flexibility index (Phi) is 3.30. The molecule has 2 rings (SSSR count). The molecule has 0 fully saturated rings. The van der Waals surface area contributed by atoms with E-state index in [0.717, 1.165) is 29.7 Å². The van der Waals surface area contributed by atoms with Gasteiger partial charge in [-0.3, -0.25) is 9.67 Å². The van der Waals surface area contributed by atoms with E-state index >= 15 is 0 Å². The highest BCUT2D eigenvalue weighted by molar-refractivity contribution is 8.14. The molecule has 1 aliphatic rings. The lowest BCUT2D eigenvalue weighted by atomic mass is 10.2. The molecule has 0 radical (unpaired) electrons. The number of nitrogens with one attached hydrogen (secondary N) is 1. The summed E-state index contributed by atoms with van der Waals surface area (Å²) in [6.07, 6.45) is 3.84. The topological polar surface area (TPSA) is 42.2 Å². The van der Waals surface area contributed by atoms with Crippen LogP contribution in [0, 0.1) is 5.92 Å². The Morgan fingerprint density at radius 2 is 2.53 bits per heavy atom. The molecule has 1 aliphatic heterocycles. The SMILES string of the molecule is CCn1cc(NC2=NCC(C)CS2)cn1. The van der Waals surface area contributed by atoms with E-state index in [1.807, 2.05) is 17.1 Å². The number of thioether (sulfide) groups is 1. The quantitative estimate of drug-likeness (QED) is 0.836.